The van der Waals surface area contributed by atoms with E-state index in [1.54, 1.807) is 0 Å². The summed E-state index contributed by atoms with van der Waals surface area (Å²) in [7, 11) is 0. The van der Waals surface area contributed by atoms with E-state index >= 15 is 0 Å². The van der Waals surface area contributed by atoms with Crippen LogP contribution in [0, 0.1) is 0 Å². The maximum absolute atomic E-state index is 12.8. The fourth-order valence-corrected chi connectivity index (χ4v) is 1.30. The Balaban J connectivity index is 2.63. The molecule has 0 bridgehead atoms. The van der Waals surface area contributed by atoms with E-state index in [0.29, 0.717) is 0 Å². The Hall–Kier alpha value is -2.18. The maximum Gasteiger partial charge on any atom is 0.418 e. The van der Waals surface area contributed by atoms with E-state index in [9.17, 15) is 13.2 Å². The Morgan fingerprint density at radius 3 is 2.29 bits per heavy atom. The van der Waals surface area contributed by atoms with Gasteiger partial charge < -0.3 is 5.73 Å². The summed E-state index contributed by atoms with van der Waals surface area (Å²) in [6.45, 7) is 0. The summed E-state index contributed by atoms with van der Waals surface area (Å²) in [5, 5.41) is 0. The highest BCUT2D eigenvalue weighted by atomic mass is 19.4. The molecule has 2 N–H and O–H groups in total. The lowest BCUT2D eigenvalue weighted by atomic mass is 10.1. The van der Waals surface area contributed by atoms with Gasteiger partial charge in [0.1, 0.15) is 5.69 Å². The van der Waals surface area contributed by atoms with Crippen LogP contribution in [-0.4, -0.2) is 15.0 Å². The topological polar surface area (TPSA) is 64.7 Å². The molecule has 0 radical (unpaired) electrons. The second-order valence-corrected chi connectivity index (χ2v) is 3.23. The lowest BCUT2D eigenvalue weighted by Gasteiger charge is -2.11. The first-order valence-electron chi connectivity index (χ1n) is 4.58. The number of nitrogens with zero attached hydrogens (tertiary/aromatic N) is 3. The van der Waals surface area contributed by atoms with Crippen LogP contribution in [0.4, 0.5) is 18.9 Å². The molecule has 2 aromatic rings. The third-order valence-corrected chi connectivity index (χ3v) is 1.99. The molecule has 4 nitrogen and oxygen atoms in total. The summed E-state index contributed by atoms with van der Waals surface area (Å²) >= 11 is 0. The molecule has 2 aromatic heterocycles. The van der Waals surface area contributed by atoms with E-state index in [1.165, 1.54) is 18.5 Å². The van der Waals surface area contributed by atoms with Crippen molar-refractivity contribution < 1.29 is 13.2 Å². The van der Waals surface area contributed by atoms with Crippen molar-refractivity contribution in [3.63, 3.8) is 0 Å². The number of hydrogen-bond acceptors (Lipinski definition) is 4. The molecule has 88 valence electrons. The second kappa shape index (κ2) is 4.00. The zero-order valence-electron chi connectivity index (χ0n) is 8.44. The van der Waals surface area contributed by atoms with Gasteiger partial charge in [-0.2, -0.15) is 13.2 Å². The van der Waals surface area contributed by atoms with Gasteiger partial charge >= 0.3 is 6.18 Å². The number of pyridine rings is 1. The molecule has 0 aliphatic heterocycles. The average Bonchev–Trinajstić information content (AvgIpc) is 2.29. The van der Waals surface area contributed by atoms with Gasteiger partial charge in [0.15, 0.2) is 5.82 Å². The molecule has 0 saturated heterocycles. The van der Waals surface area contributed by atoms with E-state index in [-0.39, 0.29) is 17.2 Å². The van der Waals surface area contributed by atoms with Gasteiger partial charge in [0.25, 0.3) is 0 Å². The first-order valence-corrected chi connectivity index (χ1v) is 4.58. The smallest absolute Gasteiger partial charge is 0.397 e. The van der Waals surface area contributed by atoms with Gasteiger partial charge in [0, 0.05) is 12.4 Å². The van der Waals surface area contributed by atoms with Gasteiger partial charge in [-0.3, -0.25) is 4.98 Å². The van der Waals surface area contributed by atoms with Crippen molar-refractivity contribution in [2.24, 2.45) is 0 Å². The number of alkyl halides is 3. The molecule has 0 aromatic carbocycles. The van der Waals surface area contributed by atoms with Gasteiger partial charge in [0.2, 0.25) is 0 Å². The number of rotatable bonds is 1. The Kier molecular flexibility index (Phi) is 2.66. The van der Waals surface area contributed by atoms with Gasteiger partial charge in [-0.15, -0.1) is 0 Å². The molecule has 0 atom stereocenters. The first-order chi connectivity index (χ1) is 7.98. The van der Waals surface area contributed by atoms with E-state index in [4.69, 9.17) is 5.73 Å². The van der Waals surface area contributed by atoms with Gasteiger partial charge in [-0.1, -0.05) is 0 Å². The van der Waals surface area contributed by atoms with Crippen molar-refractivity contribution in [1.29, 1.82) is 0 Å². The number of nitrogens with two attached hydrogens (primary N) is 1. The van der Waals surface area contributed by atoms with Crippen molar-refractivity contribution in [3.05, 3.63) is 36.3 Å². The van der Waals surface area contributed by atoms with Gasteiger partial charge in [0.05, 0.1) is 17.4 Å². The van der Waals surface area contributed by atoms with Crippen LogP contribution >= 0.6 is 0 Å². The number of nitrogen functional groups attached to an aromatic ring is 1. The van der Waals surface area contributed by atoms with Crippen LogP contribution in [0.1, 0.15) is 5.56 Å². The summed E-state index contributed by atoms with van der Waals surface area (Å²) in [6.07, 6.45) is -0.709. The van der Waals surface area contributed by atoms with Crippen molar-refractivity contribution in [2.75, 3.05) is 5.73 Å². The fourth-order valence-electron chi connectivity index (χ4n) is 1.30. The van der Waals surface area contributed by atoms with Crippen molar-refractivity contribution in [2.45, 2.75) is 6.18 Å². The lowest BCUT2D eigenvalue weighted by molar-refractivity contribution is -0.137. The number of hydrogen-bond donors (Lipinski definition) is 1. The molecule has 0 spiro atoms. The standard InChI is InChI=1S/C10H7F3N4/c11-10(12,13)7-4-6(14)5-17-8(7)9-15-2-1-3-16-9/h1-5H,14H2. The molecule has 0 saturated carbocycles. The van der Waals surface area contributed by atoms with E-state index in [2.05, 4.69) is 15.0 Å². The predicted molar refractivity (Wildman–Crippen MR) is 54.7 cm³/mol. The summed E-state index contributed by atoms with van der Waals surface area (Å²) in [6, 6.07) is 2.33. The Labute approximate surface area is 94.3 Å². The fraction of sp³-hybridized carbons (Fsp3) is 0.100. The summed E-state index contributed by atoms with van der Waals surface area (Å²) in [5.41, 5.74) is 3.97. The maximum atomic E-state index is 12.8. The highest BCUT2D eigenvalue weighted by Gasteiger charge is 2.35. The highest BCUT2D eigenvalue weighted by Crippen LogP contribution is 2.35. The summed E-state index contributed by atoms with van der Waals surface area (Å²) in [5.74, 6) is -0.0835. The minimum absolute atomic E-state index is 0.0583. The third kappa shape index (κ3) is 2.32. The van der Waals surface area contributed by atoms with Crippen molar-refractivity contribution >= 4 is 5.69 Å². The van der Waals surface area contributed by atoms with E-state index < -0.39 is 11.7 Å². The van der Waals surface area contributed by atoms with Crippen LogP contribution in [0.3, 0.4) is 0 Å². The quantitative estimate of drug-likeness (QED) is 0.829. The molecular formula is C10H7F3N4. The second-order valence-electron chi connectivity index (χ2n) is 3.23. The largest absolute Gasteiger partial charge is 0.418 e. The van der Waals surface area contributed by atoms with Crippen LogP contribution in [-0.2, 0) is 6.18 Å². The zero-order chi connectivity index (χ0) is 12.5. The molecule has 7 heteroatoms. The zero-order valence-corrected chi connectivity index (χ0v) is 8.44. The number of aromatic nitrogens is 3. The van der Waals surface area contributed by atoms with Crippen molar-refractivity contribution in [3.8, 4) is 11.5 Å². The highest BCUT2D eigenvalue weighted by molar-refractivity contribution is 5.59. The van der Waals surface area contributed by atoms with Crippen LogP contribution in [0.5, 0.6) is 0 Å². The SMILES string of the molecule is Nc1cnc(-c2ncccn2)c(C(F)(F)F)c1. The Morgan fingerprint density at radius 1 is 1.06 bits per heavy atom. The van der Waals surface area contributed by atoms with Gasteiger partial charge in [-0.05, 0) is 12.1 Å². The molecule has 0 fully saturated rings. The molecular weight excluding hydrogens is 233 g/mol. The Bertz CT molecular complexity index is 525. The minimum Gasteiger partial charge on any atom is -0.397 e. The summed E-state index contributed by atoms with van der Waals surface area (Å²) in [4.78, 5) is 11.1. The molecule has 0 aliphatic rings. The molecule has 2 heterocycles. The van der Waals surface area contributed by atoms with Crippen LogP contribution < -0.4 is 5.73 Å². The normalized spacial score (nSPS) is 11.5. The molecule has 0 unspecified atom stereocenters. The first kappa shape index (κ1) is 11.3. The molecule has 17 heavy (non-hydrogen) atoms. The van der Waals surface area contributed by atoms with Crippen LogP contribution in [0.2, 0.25) is 0 Å². The minimum atomic E-state index is -4.54. The molecule has 0 aliphatic carbocycles. The predicted octanol–water partition coefficient (Wildman–Crippen LogP) is 2.14. The lowest BCUT2D eigenvalue weighted by Crippen LogP contribution is -2.10. The van der Waals surface area contributed by atoms with Crippen LogP contribution in [0.15, 0.2) is 30.7 Å². The third-order valence-electron chi connectivity index (χ3n) is 1.99. The molecule has 2 rings (SSSR count). The average molecular weight is 240 g/mol. The monoisotopic (exact) mass is 240 g/mol. The van der Waals surface area contributed by atoms with Gasteiger partial charge in [-0.25, -0.2) is 9.97 Å². The van der Waals surface area contributed by atoms with E-state index in [0.717, 1.165) is 12.3 Å². The Morgan fingerprint density at radius 2 is 1.71 bits per heavy atom. The van der Waals surface area contributed by atoms with E-state index in [1.807, 2.05) is 0 Å². The molecule has 0 amide bonds. The number of anilines is 1. The van der Waals surface area contributed by atoms with Crippen LogP contribution in [0.25, 0.3) is 11.5 Å². The summed E-state index contributed by atoms with van der Waals surface area (Å²) < 4.78 is 38.3. The van der Waals surface area contributed by atoms with Crippen molar-refractivity contribution in [1.82, 2.24) is 15.0 Å². The number of halogens is 3.